The monoisotopic (exact) mass is 117 g/mol. The predicted octanol–water partition coefficient (Wildman–Crippen LogP) is 0.323. The summed E-state index contributed by atoms with van der Waals surface area (Å²) in [6.45, 7) is 0. The van der Waals surface area contributed by atoms with Crippen LogP contribution in [0.1, 0.15) is 0 Å². The molecule has 0 spiro atoms. The zero-order valence-electron chi connectivity index (χ0n) is 2.40. The molecule has 1 nitrogen and oxygen atoms in total. The van der Waals surface area contributed by atoms with E-state index in [1.54, 1.807) is 0 Å². The highest BCUT2D eigenvalue weighted by Gasteiger charge is 0.849. The molecular weight excluding hydrogens is 109 g/mol. The molecule has 0 aromatic rings. The van der Waals surface area contributed by atoms with E-state index in [9.17, 15) is 0 Å². The van der Waals surface area contributed by atoms with Gasteiger partial charge in [0, 0.05) is 0 Å². The molecule has 3 unspecified atom stereocenters. The first-order chi connectivity index (χ1) is 1.00. The Balaban J connectivity index is -0.00000000500. The first kappa shape index (κ1) is 20.2. The average molecular weight is 117 g/mol. The number of hydrogen-bond donors (Lipinski definition) is 0. The summed E-state index contributed by atoms with van der Waals surface area (Å²) < 4.78 is 8.17. The molecule has 0 bridgehead atoms. The Hall–Kier alpha value is 0.960. The molecule has 0 radical (unpaired) electrons. The van der Waals surface area contributed by atoms with Crippen LogP contribution in [-0.4, -0.2) is 0 Å². The standard InChI is InChI=1S/H2OP.2H3P/c1-2;;/h2H2;2*1H3/q+1;;. The van der Waals surface area contributed by atoms with Crippen molar-refractivity contribution in [2.24, 2.45) is 0 Å². The van der Waals surface area contributed by atoms with Gasteiger partial charge < -0.3 is 0 Å². The summed E-state index contributed by atoms with van der Waals surface area (Å²) in [6, 6.07) is 0. The molecule has 0 N–H and O–H groups in total. The molecule has 0 aliphatic heterocycles. The second-order valence-electron chi connectivity index (χ2n) is 0. The highest BCUT2D eigenvalue weighted by atomic mass is 31.0. The minimum absolute atomic E-state index is 0. The van der Waals surface area contributed by atoms with Gasteiger partial charge in [0.25, 0.3) is 0 Å². The Labute approximate surface area is 34.4 Å². The second kappa shape index (κ2) is 37.6. The van der Waals surface area contributed by atoms with Gasteiger partial charge in [-0.15, -0.1) is 0 Å². The Bertz CT molecular complexity index is 3.25. The summed E-state index contributed by atoms with van der Waals surface area (Å²) in [5.74, 6) is 0. The molecule has 0 aromatic carbocycles. The summed E-state index contributed by atoms with van der Waals surface area (Å²) >= 11 is 0. The van der Waals surface area contributed by atoms with E-state index in [2.05, 4.69) is 0 Å². The third-order valence-corrected chi connectivity index (χ3v) is 0. The Morgan fingerprint density at radius 2 is 1.00 bits per heavy atom. The molecular formula is H8OP3+. The molecule has 0 saturated carbocycles. The zero-order chi connectivity index (χ0) is 2.00. The van der Waals surface area contributed by atoms with Crippen LogP contribution in [0.15, 0.2) is 0 Å². The molecule has 0 aromatic heterocycles. The second-order valence-corrected chi connectivity index (χ2v) is 0. The van der Waals surface area contributed by atoms with Gasteiger partial charge in [0.1, 0.15) is 0 Å². The minimum Gasteiger partial charge on any atom is -0.153 e. The molecule has 28 valence electrons. The maximum Gasteiger partial charge on any atom is 0.310 e. The molecule has 0 aliphatic rings. The Kier molecular flexibility index (Phi) is 191. The average Bonchev–Trinajstić information content (AvgIpc) is 1.00. The Morgan fingerprint density at radius 1 is 1.00 bits per heavy atom. The fourth-order valence-corrected chi connectivity index (χ4v) is 0. The molecule has 0 amide bonds. The first-order valence-electron chi connectivity index (χ1n) is 0.236. The van der Waals surface area contributed by atoms with E-state index in [1.807, 2.05) is 0 Å². The first-order valence-corrected chi connectivity index (χ1v) is 0.707. The van der Waals surface area contributed by atoms with Crippen LogP contribution in [0.4, 0.5) is 0 Å². The molecule has 3 atom stereocenters. The van der Waals surface area contributed by atoms with Crippen LogP contribution in [0.25, 0.3) is 0 Å². The van der Waals surface area contributed by atoms with Crippen molar-refractivity contribution >= 4 is 28.9 Å². The van der Waals surface area contributed by atoms with Crippen molar-refractivity contribution in [3.8, 4) is 0 Å². The van der Waals surface area contributed by atoms with Gasteiger partial charge in [0.05, 0.1) is 0 Å². The summed E-state index contributed by atoms with van der Waals surface area (Å²) in [5.41, 5.74) is 0. The summed E-state index contributed by atoms with van der Waals surface area (Å²) in [4.78, 5) is 0. The van der Waals surface area contributed by atoms with Crippen LogP contribution in [0.5, 0.6) is 0 Å². The van der Waals surface area contributed by atoms with E-state index in [1.165, 1.54) is 9.12 Å². The molecule has 0 rings (SSSR count). The van der Waals surface area contributed by atoms with Gasteiger partial charge in [-0.25, -0.2) is 0 Å². The lowest BCUT2D eigenvalue weighted by molar-refractivity contribution is 0.607. The van der Waals surface area contributed by atoms with Gasteiger partial charge in [-0.3, -0.25) is 0 Å². The fourth-order valence-electron chi connectivity index (χ4n) is 0. The van der Waals surface area contributed by atoms with E-state index in [0.717, 1.165) is 0 Å². The molecule has 0 aliphatic carbocycles. The number of rotatable bonds is 0. The van der Waals surface area contributed by atoms with Gasteiger partial charge >= 0.3 is 9.12 Å². The van der Waals surface area contributed by atoms with Crippen molar-refractivity contribution in [1.29, 1.82) is 0 Å². The van der Waals surface area contributed by atoms with Crippen LogP contribution in [-0.2, 0) is 4.57 Å². The maximum absolute atomic E-state index is 8.17. The molecule has 0 fully saturated rings. The lowest BCUT2D eigenvalue weighted by atomic mass is 16.0. The van der Waals surface area contributed by atoms with Gasteiger partial charge in [0.15, 0.2) is 0 Å². The highest BCUT2D eigenvalue weighted by Crippen LogP contribution is 1.23. The van der Waals surface area contributed by atoms with Crippen molar-refractivity contribution in [2.75, 3.05) is 0 Å². The smallest absolute Gasteiger partial charge is 0.153 e. The lowest BCUT2D eigenvalue weighted by Crippen LogP contribution is -0.489. The fraction of sp³-hybridized carbons (Fsp3) is 0. The molecule has 4 heteroatoms. The number of hydrogen-bond acceptors (Lipinski definition) is 1. The van der Waals surface area contributed by atoms with Crippen molar-refractivity contribution in [2.45, 2.75) is 0 Å². The molecule has 0 heterocycles. The van der Waals surface area contributed by atoms with Crippen molar-refractivity contribution in [3.63, 3.8) is 0 Å². The summed E-state index contributed by atoms with van der Waals surface area (Å²) in [7, 11) is 1.17. The van der Waals surface area contributed by atoms with Gasteiger partial charge in [-0.2, -0.15) is 19.8 Å². The van der Waals surface area contributed by atoms with Crippen LogP contribution in [0, 0.1) is 0 Å². The van der Waals surface area contributed by atoms with Crippen molar-refractivity contribution < 1.29 is 4.57 Å². The van der Waals surface area contributed by atoms with Crippen LogP contribution >= 0.6 is 28.9 Å². The van der Waals surface area contributed by atoms with E-state index in [4.69, 9.17) is 4.57 Å². The van der Waals surface area contributed by atoms with Crippen molar-refractivity contribution in [3.05, 3.63) is 0 Å². The van der Waals surface area contributed by atoms with E-state index >= 15 is 0 Å². The quantitative estimate of drug-likeness (QED) is 0.417. The SMILES string of the molecule is O=[PH2+].P.P. The van der Waals surface area contributed by atoms with Crippen LogP contribution in [0.3, 0.4) is 0 Å². The van der Waals surface area contributed by atoms with E-state index in [0.29, 0.717) is 0 Å². The third-order valence-electron chi connectivity index (χ3n) is 0. The predicted molar refractivity (Wildman–Crippen MR) is 32.6 cm³/mol. The Morgan fingerprint density at radius 3 is 1.00 bits per heavy atom. The van der Waals surface area contributed by atoms with Gasteiger partial charge in [0.2, 0.25) is 0 Å². The largest absolute Gasteiger partial charge is 0.310 e. The maximum atomic E-state index is 8.17. The topological polar surface area (TPSA) is 17.1 Å². The minimum atomic E-state index is 0. The van der Waals surface area contributed by atoms with E-state index < -0.39 is 0 Å². The van der Waals surface area contributed by atoms with Gasteiger partial charge in [-0.1, -0.05) is 4.57 Å². The van der Waals surface area contributed by atoms with Crippen LogP contribution in [0.2, 0.25) is 0 Å². The highest BCUT2D eigenvalue weighted by molar-refractivity contribution is 7.00. The van der Waals surface area contributed by atoms with E-state index in [-0.39, 0.29) is 19.8 Å². The normalized spacial score (nSPS) is 1.00. The van der Waals surface area contributed by atoms with Crippen LogP contribution < -0.4 is 0 Å². The summed E-state index contributed by atoms with van der Waals surface area (Å²) in [5, 5.41) is 0. The lowest BCUT2D eigenvalue weighted by Gasteiger charge is -0.618. The molecule has 0 saturated heterocycles. The van der Waals surface area contributed by atoms with Crippen molar-refractivity contribution in [1.82, 2.24) is 0 Å². The summed E-state index contributed by atoms with van der Waals surface area (Å²) in [6.07, 6.45) is 0. The van der Waals surface area contributed by atoms with Gasteiger partial charge in [-0.05, 0) is 0 Å². The third kappa shape index (κ3) is 12.3. The molecule has 4 heavy (non-hydrogen) atoms. The zero-order valence-corrected chi connectivity index (χ0v) is 6.38.